The number of aryl methyl sites for hydroxylation is 1. The van der Waals surface area contributed by atoms with Gasteiger partial charge in [0.2, 0.25) is 0 Å². The molecular formula is C16H17N3O. The lowest BCUT2D eigenvalue weighted by Gasteiger charge is -2.05. The number of methoxy groups -OCH3 is 1. The zero-order valence-electron chi connectivity index (χ0n) is 11.8. The molecule has 0 saturated heterocycles. The minimum Gasteiger partial charge on any atom is -0.496 e. The number of imidazole rings is 1. The molecule has 0 saturated carbocycles. The van der Waals surface area contributed by atoms with Gasteiger partial charge < -0.3 is 14.5 Å². The lowest BCUT2D eigenvalue weighted by molar-refractivity contribution is 0.412. The molecule has 4 nitrogen and oxygen atoms in total. The Morgan fingerprint density at radius 1 is 1.20 bits per heavy atom. The highest BCUT2D eigenvalue weighted by Crippen LogP contribution is 2.26. The molecule has 0 spiro atoms. The molecule has 0 fully saturated rings. The minimum atomic E-state index is 0.885. The summed E-state index contributed by atoms with van der Waals surface area (Å²) in [5, 5.41) is 3.12. The van der Waals surface area contributed by atoms with Gasteiger partial charge >= 0.3 is 0 Å². The molecule has 0 aliphatic carbocycles. The number of ether oxygens (including phenoxy) is 1. The normalized spacial score (nSPS) is 10.8. The van der Waals surface area contributed by atoms with Crippen molar-refractivity contribution in [2.75, 3.05) is 19.5 Å². The summed E-state index contributed by atoms with van der Waals surface area (Å²) >= 11 is 0. The van der Waals surface area contributed by atoms with Crippen molar-refractivity contribution < 1.29 is 4.74 Å². The molecule has 3 rings (SSSR count). The number of anilines is 1. The number of aromatic nitrogens is 2. The van der Waals surface area contributed by atoms with Gasteiger partial charge in [0.1, 0.15) is 11.4 Å². The summed E-state index contributed by atoms with van der Waals surface area (Å²) in [5.41, 5.74) is 5.10. The van der Waals surface area contributed by atoms with Crippen LogP contribution >= 0.6 is 0 Å². The summed E-state index contributed by atoms with van der Waals surface area (Å²) in [6, 6.07) is 10.2. The minimum absolute atomic E-state index is 0.885. The number of nitrogens with one attached hydrogen (secondary N) is 1. The molecule has 1 N–H and O–H groups in total. The van der Waals surface area contributed by atoms with Crippen molar-refractivity contribution in [3.63, 3.8) is 0 Å². The van der Waals surface area contributed by atoms with E-state index in [0.717, 1.165) is 33.9 Å². The second kappa shape index (κ2) is 4.89. The van der Waals surface area contributed by atoms with Gasteiger partial charge in [0.05, 0.1) is 12.8 Å². The van der Waals surface area contributed by atoms with Gasteiger partial charge in [-0.05, 0) is 24.6 Å². The van der Waals surface area contributed by atoms with Gasteiger partial charge in [0.15, 0.2) is 0 Å². The van der Waals surface area contributed by atoms with Crippen molar-refractivity contribution in [2.45, 2.75) is 6.92 Å². The Morgan fingerprint density at radius 3 is 2.80 bits per heavy atom. The number of nitrogens with zero attached hydrogens (tertiary/aromatic N) is 2. The Labute approximate surface area is 118 Å². The molecule has 0 aliphatic rings. The van der Waals surface area contributed by atoms with E-state index >= 15 is 0 Å². The molecule has 1 aromatic carbocycles. The fourth-order valence-corrected chi connectivity index (χ4v) is 2.26. The highest BCUT2D eigenvalue weighted by Gasteiger charge is 2.07. The van der Waals surface area contributed by atoms with Crippen LogP contribution in [0.5, 0.6) is 5.75 Å². The predicted molar refractivity (Wildman–Crippen MR) is 81.5 cm³/mol. The standard InChI is InChI=1S/C16H17N3O/c1-11-4-5-12(8-15(11)20-3)14-10-19-7-6-13(17-2)9-16(19)18-14/h4-10,17H,1-3H3. The molecule has 0 aliphatic heterocycles. The van der Waals surface area contributed by atoms with Crippen LogP contribution < -0.4 is 10.1 Å². The summed E-state index contributed by atoms with van der Waals surface area (Å²) < 4.78 is 7.39. The molecule has 0 bridgehead atoms. The lowest BCUT2D eigenvalue weighted by atomic mass is 10.1. The van der Waals surface area contributed by atoms with Crippen molar-refractivity contribution >= 4 is 11.3 Å². The van der Waals surface area contributed by atoms with E-state index in [1.165, 1.54) is 0 Å². The molecule has 4 heteroatoms. The molecule has 102 valence electrons. The average molecular weight is 267 g/mol. The first-order chi connectivity index (χ1) is 9.71. The van der Waals surface area contributed by atoms with E-state index in [9.17, 15) is 0 Å². The van der Waals surface area contributed by atoms with Gasteiger partial charge in [-0.3, -0.25) is 0 Å². The van der Waals surface area contributed by atoms with Gasteiger partial charge in [-0.1, -0.05) is 12.1 Å². The predicted octanol–water partition coefficient (Wildman–Crippen LogP) is 3.36. The second-order valence-electron chi connectivity index (χ2n) is 4.74. The van der Waals surface area contributed by atoms with E-state index in [1.807, 2.05) is 49.0 Å². The molecule has 3 aromatic rings. The van der Waals surface area contributed by atoms with Crippen LogP contribution in [0.3, 0.4) is 0 Å². The first-order valence-corrected chi connectivity index (χ1v) is 6.53. The van der Waals surface area contributed by atoms with Crippen molar-refractivity contribution in [3.05, 3.63) is 48.3 Å². The molecule has 0 unspecified atom stereocenters. The van der Waals surface area contributed by atoms with Crippen LogP contribution in [0.1, 0.15) is 5.56 Å². The number of fused-ring (bicyclic) bond motifs is 1. The summed E-state index contributed by atoms with van der Waals surface area (Å²) in [6.07, 6.45) is 4.03. The number of hydrogen-bond donors (Lipinski definition) is 1. The fourth-order valence-electron chi connectivity index (χ4n) is 2.26. The van der Waals surface area contributed by atoms with E-state index in [-0.39, 0.29) is 0 Å². The number of benzene rings is 1. The number of rotatable bonds is 3. The topological polar surface area (TPSA) is 38.6 Å². The molecule has 2 heterocycles. The smallest absolute Gasteiger partial charge is 0.139 e. The second-order valence-corrected chi connectivity index (χ2v) is 4.74. The maximum atomic E-state index is 5.37. The van der Waals surface area contributed by atoms with E-state index < -0.39 is 0 Å². The quantitative estimate of drug-likeness (QED) is 0.790. The van der Waals surface area contributed by atoms with Gasteiger partial charge in [-0.15, -0.1) is 0 Å². The fraction of sp³-hybridized carbons (Fsp3) is 0.188. The van der Waals surface area contributed by atoms with Gasteiger partial charge in [0, 0.05) is 36.8 Å². The number of pyridine rings is 1. The highest BCUT2D eigenvalue weighted by atomic mass is 16.5. The molecule has 0 amide bonds. The summed E-state index contributed by atoms with van der Waals surface area (Å²) in [7, 11) is 3.59. The molecule has 0 atom stereocenters. The zero-order valence-corrected chi connectivity index (χ0v) is 11.8. The Hall–Kier alpha value is -2.49. The summed E-state index contributed by atoms with van der Waals surface area (Å²) in [4.78, 5) is 4.66. The largest absolute Gasteiger partial charge is 0.496 e. The summed E-state index contributed by atoms with van der Waals surface area (Å²) in [6.45, 7) is 2.03. The van der Waals surface area contributed by atoms with Crippen LogP contribution in [0.15, 0.2) is 42.7 Å². The van der Waals surface area contributed by atoms with E-state index in [2.05, 4.69) is 22.4 Å². The van der Waals surface area contributed by atoms with E-state index in [1.54, 1.807) is 7.11 Å². The van der Waals surface area contributed by atoms with Crippen LogP contribution in [0.4, 0.5) is 5.69 Å². The monoisotopic (exact) mass is 267 g/mol. The van der Waals surface area contributed by atoms with Crippen molar-refractivity contribution in [1.82, 2.24) is 9.38 Å². The van der Waals surface area contributed by atoms with Crippen LogP contribution in [0, 0.1) is 6.92 Å². The Morgan fingerprint density at radius 2 is 2.05 bits per heavy atom. The number of hydrogen-bond acceptors (Lipinski definition) is 3. The van der Waals surface area contributed by atoms with Crippen molar-refractivity contribution in [1.29, 1.82) is 0 Å². The Balaban J connectivity index is 2.09. The maximum Gasteiger partial charge on any atom is 0.139 e. The van der Waals surface area contributed by atoms with Crippen LogP contribution in [0.25, 0.3) is 16.9 Å². The van der Waals surface area contributed by atoms with Crippen LogP contribution in [0.2, 0.25) is 0 Å². The SMILES string of the molecule is CNc1ccn2cc(-c3ccc(C)c(OC)c3)nc2c1. The Bertz CT molecular complexity index is 762. The van der Waals surface area contributed by atoms with Gasteiger partial charge in [-0.25, -0.2) is 4.98 Å². The third-order valence-electron chi connectivity index (χ3n) is 3.45. The van der Waals surface area contributed by atoms with Crippen LogP contribution in [-0.2, 0) is 0 Å². The van der Waals surface area contributed by atoms with Crippen LogP contribution in [-0.4, -0.2) is 23.5 Å². The van der Waals surface area contributed by atoms with E-state index in [0.29, 0.717) is 0 Å². The molecule has 20 heavy (non-hydrogen) atoms. The molecule has 0 radical (unpaired) electrons. The lowest BCUT2D eigenvalue weighted by Crippen LogP contribution is -1.89. The van der Waals surface area contributed by atoms with Gasteiger partial charge in [-0.2, -0.15) is 0 Å². The third kappa shape index (κ3) is 2.09. The Kier molecular flexibility index (Phi) is 3.06. The first kappa shape index (κ1) is 12.5. The zero-order chi connectivity index (χ0) is 14.1. The van der Waals surface area contributed by atoms with E-state index in [4.69, 9.17) is 4.74 Å². The average Bonchev–Trinajstić information content (AvgIpc) is 2.90. The molecule has 2 aromatic heterocycles. The highest BCUT2D eigenvalue weighted by molar-refractivity contribution is 5.66. The van der Waals surface area contributed by atoms with Gasteiger partial charge in [0.25, 0.3) is 0 Å². The molecular weight excluding hydrogens is 250 g/mol. The maximum absolute atomic E-state index is 5.37. The first-order valence-electron chi connectivity index (χ1n) is 6.53. The van der Waals surface area contributed by atoms with Crippen molar-refractivity contribution in [2.24, 2.45) is 0 Å². The third-order valence-corrected chi connectivity index (χ3v) is 3.45. The van der Waals surface area contributed by atoms with Crippen molar-refractivity contribution in [3.8, 4) is 17.0 Å². The summed E-state index contributed by atoms with van der Waals surface area (Å²) in [5.74, 6) is 0.885.